The summed E-state index contributed by atoms with van der Waals surface area (Å²) in [6.07, 6.45) is 5.92. The number of aryl methyl sites for hydroxylation is 1. The summed E-state index contributed by atoms with van der Waals surface area (Å²) in [5.74, 6) is 0.183. The van der Waals surface area contributed by atoms with Crippen LogP contribution in [0.2, 0.25) is 0 Å². The Morgan fingerprint density at radius 3 is 3.14 bits per heavy atom. The van der Waals surface area contributed by atoms with Crippen LogP contribution >= 0.6 is 22.7 Å². The van der Waals surface area contributed by atoms with E-state index in [1.54, 1.807) is 28.9 Å². The number of carbonyl (C=O) groups is 1. The minimum Gasteiger partial charge on any atom is -0.336 e. The molecule has 0 saturated carbocycles. The van der Waals surface area contributed by atoms with E-state index in [1.807, 2.05) is 21.8 Å². The second kappa shape index (κ2) is 5.52. The molecule has 1 unspecified atom stereocenters. The van der Waals surface area contributed by atoms with Gasteiger partial charge in [-0.2, -0.15) is 5.10 Å². The average molecular weight is 331 g/mol. The second-order valence-corrected chi connectivity index (χ2v) is 7.67. The topological polar surface area (TPSA) is 38.1 Å². The molecule has 114 valence electrons. The van der Waals surface area contributed by atoms with Crippen molar-refractivity contribution in [3.8, 4) is 0 Å². The van der Waals surface area contributed by atoms with Gasteiger partial charge in [0.25, 0.3) is 5.91 Å². The molecule has 4 rings (SSSR count). The Balaban J connectivity index is 1.59. The zero-order valence-electron chi connectivity index (χ0n) is 12.4. The number of nitrogens with zero attached hydrogens (tertiary/aromatic N) is 3. The number of hydrogen-bond acceptors (Lipinski definition) is 4. The molecular formula is C16H17N3OS2. The summed E-state index contributed by atoms with van der Waals surface area (Å²) < 4.78 is 4.47. The third-order valence-corrected chi connectivity index (χ3v) is 6.71. The summed E-state index contributed by atoms with van der Waals surface area (Å²) in [4.78, 5) is 15.8. The monoisotopic (exact) mass is 331 g/mol. The molecule has 1 amide bonds. The summed E-state index contributed by atoms with van der Waals surface area (Å²) in [5.41, 5.74) is 1.14. The lowest BCUT2D eigenvalue weighted by atomic mass is 10.1. The predicted molar refractivity (Wildman–Crippen MR) is 90.8 cm³/mol. The fraction of sp³-hybridized carbons (Fsp3) is 0.375. The lowest BCUT2D eigenvalue weighted by Crippen LogP contribution is -2.40. The van der Waals surface area contributed by atoms with E-state index in [4.69, 9.17) is 0 Å². The van der Waals surface area contributed by atoms with Crippen LogP contribution in [0.25, 0.3) is 9.40 Å². The summed E-state index contributed by atoms with van der Waals surface area (Å²) in [7, 11) is 0. The number of likely N-dealkylation sites (tertiary alicyclic amines) is 1. The maximum Gasteiger partial charge on any atom is 0.264 e. The van der Waals surface area contributed by atoms with Crippen molar-refractivity contribution in [2.45, 2.75) is 25.8 Å². The van der Waals surface area contributed by atoms with Gasteiger partial charge in [-0.05, 0) is 42.8 Å². The van der Waals surface area contributed by atoms with Gasteiger partial charge >= 0.3 is 0 Å². The van der Waals surface area contributed by atoms with E-state index in [9.17, 15) is 4.79 Å². The molecule has 0 aromatic carbocycles. The number of amides is 1. The zero-order valence-corrected chi connectivity index (χ0v) is 14.0. The van der Waals surface area contributed by atoms with Crippen molar-refractivity contribution in [3.05, 3.63) is 40.3 Å². The Hall–Kier alpha value is -1.66. The van der Waals surface area contributed by atoms with E-state index in [0.717, 1.165) is 36.4 Å². The van der Waals surface area contributed by atoms with Gasteiger partial charge in [0.2, 0.25) is 0 Å². The highest BCUT2D eigenvalue weighted by molar-refractivity contribution is 7.28. The molecule has 1 fully saturated rings. The minimum atomic E-state index is 0.183. The highest BCUT2D eigenvalue weighted by Gasteiger charge is 2.28. The molecule has 6 heteroatoms. The fourth-order valence-corrected chi connectivity index (χ4v) is 5.44. The molecule has 1 aliphatic heterocycles. The Morgan fingerprint density at radius 1 is 1.45 bits per heavy atom. The maximum absolute atomic E-state index is 12.9. The average Bonchev–Trinajstić information content (AvgIpc) is 3.26. The lowest BCUT2D eigenvalue weighted by Gasteiger charge is -2.32. The second-order valence-electron chi connectivity index (χ2n) is 5.70. The van der Waals surface area contributed by atoms with Gasteiger partial charge in [0, 0.05) is 34.9 Å². The molecule has 0 aliphatic carbocycles. The number of fused-ring (bicyclic) bond motifs is 1. The Bertz CT molecular complexity index is 803. The van der Waals surface area contributed by atoms with Gasteiger partial charge in [-0.25, -0.2) is 0 Å². The molecular weight excluding hydrogens is 314 g/mol. The Morgan fingerprint density at radius 2 is 2.36 bits per heavy atom. The van der Waals surface area contributed by atoms with Crippen LogP contribution in [0.15, 0.2) is 29.9 Å². The van der Waals surface area contributed by atoms with Gasteiger partial charge in [-0.1, -0.05) is 0 Å². The Labute approximate surface area is 137 Å². The Kier molecular flexibility index (Phi) is 3.50. The van der Waals surface area contributed by atoms with E-state index in [-0.39, 0.29) is 5.91 Å². The van der Waals surface area contributed by atoms with Crippen molar-refractivity contribution < 1.29 is 4.79 Å². The number of carbonyl (C=O) groups excluding carboxylic acids is 1. The quantitative estimate of drug-likeness (QED) is 0.713. The molecule has 0 bridgehead atoms. The highest BCUT2D eigenvalue weighted by atomic mass is 32.1. The van der Waals surface area contributed by atoms with Crippen molar-refractivity contribution in [3.63, 3.8) is 0 Å². The van der Waals surface area contributed by atoms with Gasteiger partial charge in [-0.3, -0.25) is 9.48 Å². The summed E-state index contributed by atoms with van der Waals surface area (Å²) in [6.45, 7) is 3.67. The number of aromatic nitrogens is 2. The molecule has 1 atom stereocenters. The number of hydrogen-bond donors (Lipinski definition) is 0. The smallest absolute Gasteiger partial charge is 0.264 e. The third kappa shape index (κ3) is 2.27. The molecule has 4 nitrogen and oxygen atoms in total. The van der Waals surface area contributed by atoms with Gasteiger partial charge in [0.1, 0.15) is 0 Å². The van der Waals surface area contributed by atoms with E-state index >= 15 is 0 Å². The van der Waals surface area contributed by atoms with Gasteiger partial charge < -0.3 is 4.90 Å². The van der Waals surface area contributed by atoms with Crippen LogP contribution in [-0.2, 0) is 0 Å². The first-order chi connectivity index (χ1) is 10.7. The molecule has 0 radical (unpaired) electrons. The molecule has 1 saturated heterocycles. The van der Waals surface area contributed by atoms with Gasteiger partial charge in [-0.15, -0.1) is 22.7 Å². The molecule has 3 aromatic rings. The highest BCUT2D eigenvalue weighted by Crippen LogP contribution is 2.36. The van der Waals surface area contributed by atoms with Crippen molar-refractivity contribution in [1.29, 1.82) is 0 Å². The zero-order chi connectivity index (χ0) is 15.1. The molecule has 1 aliphatic rings. The summed E-state index contributed by atoms with van der Waals surface area (Å²) in [5, 5.41) is 6.43. The van der Waals surface area contributed by atoms with Crippen LogP contribution in [0, 0.1) is 6.92 Å². The number of rotatable bonds is 2. The van der Waals surface area contributed by atoms with Crippen molar-refractivity contribution in [2.24, 2.45) is 0 Å². The van der Waals surface area contributed by atoms with E-state index < -0.39 is 0 Å². The first kappa shape index (κ1) is 14.0. The maximum atomic E-state index is 12.9. The molecule has 0 N–H and O–H groups in total. The number of thiophene rings is 2. The molecule has 4 heterocycles. The van der Waals surface area contributed by atoms with Gasteiger partial charge in [0.05, 0.1) is 10.9 Å². The molecule has 3 aromatic heterocycles. The van der Waals surface area contributed by atoms with E-state index in [1.165, 1.54) is 9.40 Å². The number of piperidine rings is 1. The van der Waals surface area contributed by atoms with Gasteiger partial charge in [0.15, 0.2) is 0 Å². The first-order valence-corrected chi connectivity index (χ1v) is 9.18. The lowest BCUT2D eigenvalue weighted by molar-refractivity contribution is 0.0677. The van der Waals surface area contributed by atoms with Crippen LogP contribution in [0.1, 0.15) is 34.1 Å². The van der Waals surface area contributed by atoms with E-state index in [2.05, 4.69) is 23.5 Å². The third-order valence-electron chi connectivity index (χ3n) is 4.30. The van der Waals surface area contributed by atoms with E-state index in [0.29, 0.717) is 6.04 Å². The standard InChI is InChI=1S/C16H17N3OS2/c1-11-14-13(5-9-21-14)22-15(11)16(20)18-7-2-4-12(10-18)19-8-3-6-17-19/h3,5-6,8-9,12H,2,4,7,10H2,1H3. The van der Waals surface area contributed by atoms with Crippen molar-refractivity contribution in [2.75, 3.05) is 13.1 Å². The van der Waals surface area contributed by atoms with Crippen molar-refractivity contribution >= 4 is 38.0 Å². The minimum absolute atomic E-state index is 0.183. The molecule has 22 heavy (non-hydrogen) atoms. The summed E-state index contributed by atoms with van der Waals surface area (Å²) >= 11 is 3.35. The first-order valence-electron chi connectivity index (χ1n) is 7.49. The SMILES string of the molecule is Cc1c(C(=O)N2CCCC(n3cccn3)C2)sc2ccsc12. The van der Waals surface area contributed by atoms with Crippen molar-refractivity contribution in [1.82, 2.24) is 14.7 Å². The summed E-state index contributed by atoms with van der Waals surface area (Å²) in [6, 6.07) is 4.35. The normalized spacial score (nSPS) is 19.0. The predicted octanol–water partition coefficient (Wildman–Crippen LogP) is 3.95. The van der Waals surface area contributed by atoms with Crippen LogP contribution in [0.4, 0.5) is 0 Å². The fourth-order valence-electron chi connectivity index (χ4n) is 3.14. The van der Waals surface area contributed by atoms with Crippen LogP contribution in [-0.4, -0.2) is 33.7 Å². The van der Waals surface area contributed by atoms with Crippen LogP contribution < -0.4 is 0 Å². The molecule has 0 spiro atoms. The van der Waals surface area contributed by atoms with Crippen LogP contribution in [0.3, 0.4) is 0 Å². The largest absolute Gasteiger partial charge is 0.336 e. The van der Waals surface area contributed by atoms with Crippen LogP contribution in [0.5, 0.6) is 0 Å².